The number of thioether (sulfide) groups is 1. The van der Waals surface area contributed by atoms with E-state index in [-0.39, 0.29) is 16.7 Å². The molecule has 102 valence electrons. The molecule has 0 aliphatic carbocycles. The molecule has 1 aromatic rings. The second-order valence-corrected chi connectivity index (χ2v) is 4.35. The molecule has 1 aromatic heterocycles. The Kier molecular flexibility index (Phi) is 5.17. The predicted molar refractivity (Wildman–Crippen MR) is 60.4 cm³/mol. The maximum atomic E-state index is 12.5. The average molecular weight is 283 g/mol. The molecule has 1 heterocycles. The Morgan fingerprint density at radius 3 is 2.61 bits per heavy atom. The molecule has 0 fully saturated rings. The number of hydrogen-bond donors (Lipinski definition) is 3. The summed E-state index contributed by atoms with van der Waals surface area (Å²) < 4.78 is 37.6. The van der Waals surface area contributed by atoms with Crippen LogP contribution in [0.4, 0.5) is 19.1 Å². The summed E-state index contributed by atoms with van der Waals surface area (Å²) in [6.07, 6.45) is -5.56. The van der Waals surface area contributed by atoms with E-state index in [2.05, 4.69) is 15.3 Å². The molecule has 1 unspecified atom stereocenters. The van der Waals surface area contributed by atoms with Gasteiger partial charge in [0.2, 0.25) is 5.95 Å². The Morgan fingerprint density at radius 1 is 1.44 bits per heavy atom. The molecule has 1 atom stereocenters. The summed E-state index contributed by atoms with van der Waals surface area (Å²) in [4.78, 5) is 7.12. The van der Waals surface area contributed by atoms with E-state index in [1.807, 2.05) is 0 Å². The van der Waals surface area contributed by atoms with E-state index >= 15 is 0 Å². The molecule has 0 amide bonds. The van der Waals surface area contributed by atoms with Crippen LogP contribution in [-0.4, -0.2) is 45.7 Å². The molecule has 9 heteroatoms. The van der Waals surface area contributed by atoms with Crippen molar-refractivity contribution in [2.24, 2.45) is 0 Å². The topological polar surface area (TPSA) is 78.3 Å². The largest absolute Gasteiger partial charge is 0.433 e. The Hall–Kier alpha value is -1.06. The van der Waals surface area contributed by atoms with Crippen LogP contribution < -0.4 is 5.32 Å². The Balaban J connectivity index is 2.91. The summed E-state index contributed by atoms with van der Waals surface area (Å²) in [6, 6.07) is 0.801. The Bertz CT molecular complexity index is 403. The summed E-state index contributed by atoms with van der Waals surface area (Å²) in [5.74, 6) is -0.0978. The zero-order valence-electron chi connectivity index (χ0n) is 9.40. The van der Waals surface area contributed by atoms with Gasteiger partial charge < -0.3 is 15.5 Å². The molecular weight excluding hydrogens is 271 g/mol. The molecule has 0 aliphatic rings. The first-order valence-corrected chi connectivity index (χ1v) is 5.91. The zero-order valence-corrected chi connectivity index (χ0v) is 10.2. The van der Waals surface area contributed by atoms with Crippen molar-refractivity contribution in [2.45, 2.75) is 17.3 Å². The minimum atomic E-state index is -4.56. The van der Waals surface area contributed by atoms with Crippen molar-refractivity contribution in [3.05, 3.63) is 11.8 Å². The van der Waals surface area contributed by atoms with Crippen LogP contribution in [0.15, 0.2) is 11.1 Å². The highest BCUT2D eigenvalue weighted by Crippen LogP contribution is 2.30. The van der Waals surface area contributed by atoms with Gasteiger partial charge in [-0.3, -0.25) is 0 Å². The molecule has 1 rings (SSSR count). The second-order valence-electron chi connectivity index (χ2n) is 3.31. The number of hydrogen-bond acceptors (Lipinski definition) is 6. The van der Waals surface area contributed by atoms with E-state index in [1.165, 1.54) is 7.05 Å². The van der Waals surface area contributed by atoms with Gasteiger partial charge in [-0.1, -0.05) is 0 Å². The van der Waals surface area contributed by atoms with Crippen molar-refractivity contribution < 1.29 is 23.4 Å². The van der Waals surface area contributed by atoms with Crippen LogP contribution in [0, 0.1) is 0 Å². The number of rotatable bonds is 5. The van der Waals surface area contributed by atoms with Crippen molar-refractivity contribution in [1.82, 2.24) is 9.97 Å². The van der Waals surface area contributed by atoms with Crippen molar-refractivity contribution >= 4 is 17.7 Å². The van der Waals surface area contributed by atoms with E-state index in [0.717, 1.165) is 17.8 Å². The first-order chi connectivity index (χ1) is 8.36. The van der Waals surface area contributed by atoms with Crippen LogP contribution in [0.1, 0.15) is 5.69 Å². The van der Waals surface area contributed by atoms with Gasteiger partial charge in [-0.05, 0) is 0 Å². The summed E-state index contributed by atoms with van der Waals surface area (Å²) in [7, 11) is 1.41. The summed E-state index contributed by atoms with van der Waals surface area (Å²) in [5, 5.41) is 20.2. The molecule has 0 saturated carbocycles. The number of aromatic nitrogens is 2. The normalized spacial score (nSPS) is 13.4. The zero-order chi connectivity index (χ0) is 13.8. The molecule has 0 radical (unpaired) electrons. The minimum absolute atomic E-state index is 0.0496. The van der Waals surface area contributed by atoms with Gasteiger partial charge in [-0.2, -0.15) is 13.2 Å². The highest BCUT2D eigenvalue weighted by molar-refractivity contribution is 7.99. The molecule has 3 N–H and O–H groups in total. The monoisotopic (exact) mass is 283 g/mol. The number of halogens is 3. The van der Waals surface area contributed by atoms with E-state index in [4.69, 9.17) is 10.2 Å². The van der Waals surface area contributed by atoms with Crippen molar-refractivity contribution in [3.63, 3.8) is 0 Å². The van der Waals surface area contributed by atoms with Gasteiger partial charge in [0.05, 0.1) is 12.7 Å². The SMILES string of the molecule is CNc1nc(SCC(O)CO)cc(C(F)(F)F)n1. The molecule has 0 aliphatic heterocycles. The average Bonchev–Trinajstić information content (AvgIpc) is 2.34. The maximum Gasteiger partial charge on any atom is 0.433 e. The van der Waals surface area contributed by atoms with Gasteiger partial charge in [-0.15, -0.1) is 11.8 Å². The second kappa shape index (κ2) is 6.21. The lowest BCUT2D eigenvalue weighted by atomic mass is 10.4. The van der Waals surface area contributed by atoms with Crippen LogP contribution in [0.25, 0.3) is 0 Å². The van der Waals surface area contributed by atoms with E-state index in [1.54, 1.807) is 0 Å². The molecule has 0 bridgehead atoms. The fourth-order valence-electron chi connectivity index (χ4n) is 0.990. The number of anilines is 1. The molecule has 0 aromatic carbocycles. The van der Waals surface area contributed by atoms with Gasteiger partial charge in [0.1, 0.15) is 5.03 Å². The highest BCUT2D eigenvalue weighted by Gasteiger charge is 2.33. The molecule has 18 heavy (non-hydrogen) atoms. The van der Waals surface area contributed by atoms with Crippen LogP contribution in [0.5, 0.6) is 0 Å². The minimum Gasteiger partial charge on any atom is -0.394 e. The van der Waals surface area contributed by atoms with Crippen molar-refractivity contribution in [1.29, 1.82) is 0 Å². The molecule has 0 spiro atoms. The van der Waals surface area contributed by atoms with Gasteiger partial charge in [0.25, 0.3) is 0 Å². The fourth-order valence-corrected chi connectivity index (χ4v) is 1.80. The van der Waals surface area contributed by atoms with E-state index in [9.17, 15) is 13.2 Å². The van der Waals surface area contributed by atoms with Crippen LogP contribution >= 0.6 is 11.8 Å². The fraction of sp³-hybridized carbons (Fsp3) is 0.556. The lowest BCUT2D eigenvalue weighted by Crippen LogP contribution is -2.15. The lowest BCUT2D eigenvalue weighted by Gasteiger charge is -2.10. The lowest BCUT2D eigenvalue weighted by molar-refractivity contribution is -0.141. The third kappa shape index (κ3) is 4.31. The molecule has 0 saturated heterocycles. The number of nitrogens with one attached hydrogen (secondary N) is 1. The van der Waals surface area contributed by atoms with Gasteiger partial charge in [0, 0.05) is 18.9 Å². The van der Waals surface area contributed by atoms with E-state index in [0.29, 0.717) is 0 Å². The van der Waals surface area contributed by atoms with Crippen LogP contribution in [0.2, 0.25) is 0 Å². The number of aliphatic hydroxyl groups excluding tert-OH is 2. The number of alkyl halides is 3. The van der Waals surface area contributed by atoms with Crippen molar-refractivity contribution in [3.8, 4) is 0 Å². The summed E-state index contributed by atoms with van der Waals surface area (Å²) in [5.41, 5.74) is -1.05. The summed E-state index contributed by atoms with van der Waals surface area (Å²) >= 11 is 0.912. The Morgan fingerprint density at radius 2 is 2.11 bits per heavy atom. The molecule has 5 nitrogen and oxygen atoms in total. The smallest absolute Gasteiger partial charge is 0.394 e. The quantitative estimate of drug-likeness (QED) is 0.552. The van der Waals surface area contributed by atoms with Crippen molar-refractivity contribution in [2.75, 3.05) is 24.7 Å². The standard InChI is InChI=1S/C9H12F3N3O2S/c1-13-8-14-6(9(10,11)12)2-7(15-8)18-4-5(17)3-16/h2,5,16-17H,3-4H2,1H3,(H,13,14,15). The Labute approximate surface area is 105 Å². The van der Waals surface area contributed by atoms with E-state index < -0.39 is 24.6 Å². The first-order valence-electron chi connectivity index (χ1n) is 4.92. The van der Waals surface area contributed by atoms with Crippen LogP contribution in [0.3, 0.4) is 0 Å². The maximum absolute atomic E-state index is 12.5. The number of aliphatic hydroxyl groups is 2. The third-order valence-electron chi connectivity index (χ3n) is 1.85. The first kappa shape index (κ1) is 15.0. The number of nitrogens with zero attached hydrogens (tertiary/aromatic N) is 2. The summed E-state index contributed by atoms with van der Waals surface area (Å²) in [6.45, 7) is -0.455. The molecular formula is C9H12F3N3O2S. The highest BCUT2D eigenvalue weighted by atomic mass is 32.2. The van der Waals surface area contributed by atoms with Crippen LogP contribution in [-0.2, 0) is 6.18 Å². The van der Waals surface area contributed by atoms with Gasteiger partial charge in [-0.25, -0.2) is 9.97 Å². The van der Waals surface area contributed by atoms with Gasteiger partial charge in [0.15, 0.2) is 5.69 Å². The third-order valence-corrected chi connectivity index (χ3v) is 2.91. The van der Waals surface area contributed by atoms with Gasteiger partial charge >= 0.3 is 6.18 Å². The predicted octanol–water partition coefficient (Wildman–Crippen LogP) is 0.982.